The molecule has 0 heterocycles. The van der Waals surface area contributed by atoms with E-state index in [2.05, 4.69) is 150 Å². The second-order valence-electron chi connectivity index (χ2n) is 20.3. The van der Waals surface area contributed by atoms with Gasteiger partial charge < -0.3 is 0 Å². The molecule has 0 radical (unpaired) electrons. The zero-order valence-electron chi connectivity index (χ0n) is 35.4. The lowest BCUT2D eigenvalue weighted by Gasteiger charge is -2.44. The predicted molar refractivity (Wildman–Crippen MR) is 234 cm³/mol. The van der Waals surface area contributed by atoms with Crippen molar-refractivity contribution >= 4 is 17.2 Å². The lowest BCUT2D eigenvalue weighted by molar-refractivity contribution is 0.108. The van der Waals surface area contributed by atoms with E-state index in [1.807, 2.05) is 0 Å². The first-order valence-electron chi connectivity index (χ1n) is 21.0. The van der Waals surface area contributed by atoms with Gasteiger partial charge in [0, 0.05) is 5.92 Å². The van der Waals surface area contributed by atoms with E-state index >= 15 is 0 Å². The third-order valence-electron chi connectivity index (χ3n) is 12.7. The summed E-state index contributed by atoms with van der Waals surface area (Å²) in [7, 11) is 0. The summed E-state index contributed by atoms with van der Waals surface area (Å²) in [6.07, 6.45) is 16.6. The molecule has 4 aliphatic carbocycles. The molecule has 282 valence electrons. The Morgan fingerprint density at radius 1 is 0.792 bits per heavy atom. The van der Waals surface area contributed by atoms with Gasteiger partial charge in [-0.15, -0.1) is 0 Å². The van der Waals surface area contributed by atoms with Crippen LogP contribution < -0.4 is 0 Å². The van der Waals surface area contributed by atoms with Crippen LogP contribution in [-0.2, 0) is 12.8 Å². The van der Waals surface area contributed by atoms with Gasteiger partial charge in [-0.05, 0) is 180 Å². The summed E-state index contributed by atoms with van der Waals surface area (Å²) in [4.78, 5) is 0. The highest BCUT2D eigenvalue weighted by Gasteiger charge is 2.40. The van der Waals surface area contributed by atoms with Crippen LogP contribution in [0.1, 0.15) is 158 Å². The lowest BCUT2D eigenvalue weighted by Crippen LogP contribution is -2.33. The third kappa shape index (κ3) is 8.79. The van der Waals surface area contributed by atoms with Gasteiger partial charge in [0.05, 0.1) is 0 Å². The first-order chi connectivity index (χ1) is 24.9. The molecule has 53 heavy (non-hydrogen) atoms. The summed E-state index contributed by atoms with van der Waals surface area (Å²) in [5.74, 6) is 3.85. The normalized spacial score (nSPS) is 23.6. The molecule has 0 amide bonds. The zero-order valence-corrected chi connectivity index (χ0v) is 35.4. The Hall–Kier alpha value is -3.38. The minimum absolute atomic E-state index is 0.209. The second-order valence-corrected chi connectivity index (χ2v) is 20.3. The second kappa shape index (κ2) is 15.4. The molecule has 7 rings (SSSR count). The van der Waals surface area contributed by atoms with E-state index in [-0.39, 0.29) is 5.41 Å². The van der Waals surface area contributed by atoms with E-state index in [4.69, 9.17) is 0 Å². The number of aryl methyl sites for hydroxylation is 2. The van der Waals surface area contributed by atoms with Gasteiger partial charge in [-0.25, -0.2) is 0 Å². The molecule has 1 atom stereocenters. The van der Waals surface area contributed by atoms with E-state index in [1.165, 1.54) is 99.8 Å². The van der Waals surface area contributed by atoms with E-state index in [1.54, 1.807) is 16.7 Å². The highest BCUT2D eigenvalue weighted by atomic mass is 14.4. The Balaban J connectivity index is 0.000000902. The number of allylic oxidation sites excluding steroid dienone is 5. The van der Waals surface area contributed by atoms with Crippen molar-refractivity contribution < 1.29 is 0 Å². The number of rotatable bonds is 8. The molecule has 2 saturated carbocycles. The Morgan fingerprint density at radius 3 is 2.00 bits per heavy atom. The lowest BCUT2D eigenvalue weighted by atomic mass is 9.61. The third-order valence-corrected chi connectivity index (χ3v) is 12.7. The SMILES string of the molecule is C=C(C)Cc1c(C)cc2c(c1-c1ccc(C)cc1)CC(c1ccc3c(c1)C(C1CCC(C4CC(C(=C)CC)C4)CC1)=CC3C(C)(C)C)=C2.CC(C)(C)C. The molecule has 0 nitrogen and oxygen atoms in total. The summed E-state index contributed by atoms with van der Waals surface area (Å²) in [5, 5.41) is 0. The van der Waals surface area contributed by atoms with Crippen molar-refractivity contribution in [1.82, 2.24) is 0 Å². The van der Waals surface area contributed by atoms with Crippen LogP contribution in [0.4, 0.5) is 0 Å². The standard InChI is InChI=1S/C48H58.C5H12/c1-10-31(5)37-23-38(24-37)33-15-17-34(18-16-33)43-28-46(48(7,8)9)41-20-19-36(26-45(41)43)39-25-40-22-32(6)42(21-29(2)3)47(44(40)27-39)35-13-11-30(4)12-14-35;1-5(2,3)4/h11-14,19-20,22,25-26,28,33-34,37-38,46H,2,5,10,15-18,21,23-24,27H2,1,3-4,6-9H3;1-4H3. The number of hydrogen-bond donors (Lipinski definition) is 0. The highest BCUT2D eigenvalue weighted by molar-refractivity contribution is 5.94. The van der Waals surface area contributed by atoms with Crippen LogP contribution >= 0.6 is 0 Å². The van der Waals surface area contributed by atoms with Gasteiger partial charge in [0.25, 0.3) is 0 Å². The molecule has 3 aromatic rings. The molecule has 0 heteroatoms. The Morgan fingerprint density at radius 2 is 1.42 bits per heavy atom. The molecule has 0 saturated heterocycles. The Kier molecular flexibility index (Phi) is 11.4. The van der Waals surface area contributed by atoms with Gasteiger partial charge in [-0.2, -0.15) is 0 Å². The summed E-state index contributed by atoms with van der Waals surface area (Å²) < 4.78 is 0. The Bertz CT molecular complexity index is 1890. The number of hydrogen-bond acceptors (Lipinski definition) is 0. The van der Waals surface area contributed by atoms with Gasteiger partial charge in [0.2, 0.25) is 0 Å². The average Bonchev–Trinajstić information content (AvgIpc) is 3.66. The fraction of sp³-hybridized carbons (Fsp3) is 0.509. The van der Waals surface area contributed by atoms with Crippen LogP contribution in [0.25, 0.3) is 28.3 Å². The van der Waals surface area contributed by atoms with Crippen molar-refractivity contribution in [3.63, 3.8) is 0 Å². The highest BCUT2D eigenvalue weighted by Crippen LogP contribution is 2.54. The van der Waals surface area contributed by atoms with Crippen LogP contribution in [0.15, 0.2) is 78.9 Å². The first-order valence-corrected chi connectivity index (χ1v) is 21.0. The van der Waals surface area contributed by atoms with Crippen LogP contribution in [0.2, 0.25) is 0 Å². The topological polar surface area (TPSA) is 0 Å². The van der Waals surface area contributed by atoms with E-state index in [0.29, 0.717) is 17.3 Å². The smallest absolute Gasteiger partial charge is 0.00787 e. The summed E-state index contributed by atoms with van der Waals surface area (Å²) in [5.41, 5.74) is 20.8. The van der Waals surface area contributed by atoms with Gasteiger partial charge in [0.15, 0.2) is 0 Å². The van der Waals surface area contributed by atoms with E-state index in [0.717, 1.165) is 37.0 Å². The molecule has 0 bridgehead atoms. The maximum absolute atomic E-state index is 4.36. The van der Waals surface area contributed by atoms with Crippen molar-refractivity contribution in [2.24, 2.45) is 34.5 Å². The molecule has 1 unspecified atom stereocenters. The quantitative estimate of drug-likeness (QED) is 0.205. The summed E-state index contributed by atoms with van der Waals surface area (Å²) in [6, 6.07) is 19.1. The van der Waals surface area contributed by atoms with Gasteiger partial charge in [0.1, 0.15) is 0 Å². The molecule has 4 aliphatic rings. The maximum atomic E-state index is 4.36. The molecule has 2 fully saturated rings. The maximum Gasteiger partial charge on any atom is 0.00787 e. The van der Waals surface area contributed by atoms with Crippen LogP contribution in [0.5, 0.6) is 0 Å². The monoisotopic (exact) mass is 707 g/mol. The van der Waals surface area contributed by atoms with E-state index in [9.17, 15) is 0 Å². The molecule has 0 spiro atoms. The minimum atomic E-state index is 0.209. The molecule has 0 aromatic heterocycles. The molecule has 3 aromatic carbocycles. The van der Waals surface area contributed by atoms with Crippen molar-refractivity contribution in [1.29, 1.82) is 0 Å². The average molecular weight is 707 g/mol. The number of fused-ring (bicyclic) bond motifs is 2. The van der Waals surface area contributed by atoms with E-state index < -0.39 is 0 Å². The van der Waals surface area contributed by atoms with Crippen molar-refractivity contribution in [2.45, 2.75) is 140 Å². The number of benzene rings is 3. The minimum Gasteiger partial charge on any atom is -0.0998 e. The van der Waals surface area contributed by atoms with Crippen molar-refractivity contribution in [3.8, 4) is 11.1 Å². The van der Waals surface area contributed by atoms with Crippen LogP contribution in [0, 0.1) is 48.3 Å². The van der Waals surface area contributed by atoms with Gasteiger partial charge in [-0.3, -0.25) is 0 Å². The predicted octanol–water partition coefficient (Wildman–Crippen LogP) is 15.6. The fourth-order valence-electron chi connectivity index (χ4n) is 9.74. The summed E-state index contributed by atoms with van der Waals surface area (Å²) in [6.45, 7) is 33.6. The fourth-order valence-corrected chi connectivity index (χ4v) is 9.74. The van der Waals surface area contributed by atoms with Crippen molar-refractivity contribution in [2.75, 3.05) is 0 Å². The zero-order chi connectivity index (χ0) is 38.4. The van der Waals surface area contributed by atoms with Crippen molar-refractivity contribution in [3.05, 3.63) is 123 Å². The Labute approximate surface area is 325 Å². The van der Waals surface area contributed by atoms with Crippen LogP contribution in [0.3, 0.4) is 0 Å². The molecule has 0 N–H and O–H groups in total. The summed E-state index contributed by atoms with van der Waals surface area (Å²) >= 11 is 0. The van der Waals surface area contributed by atoms with Gasteiger partial charge in [-0.1, -0.05) is 140 Å². The largest absolute Gasteiger partial charge is 0.0998 e. The first kappa shape index (κ1) is 39.3. The van der Waals surface area contributed by atoms with Crippen LogP contribution in [-0.4, -0.2) is 0 Å². The molecular weight excluding hydrogens is 637 g/mol. The molecular formula is C53H70. The van der Waals surface area contributed by atoms with Gasteiger partial charge >= 0.3 is 0 Å². The molecule has 0 aliphatic heterocycles.